The molecule has 0 amide bonds. The Kier molecular flexibility index (Phi) is 5.44. The van der Waals surface area contributed by atoms with E-state index in [1.54, 1.807) is 19.1 Å². The summed E-state index contributed by atoms with van der Waals surface area (Å²) in [5.74, 6) is -1.15. The summed E-state index contributed by atoms with van der Waals surface area (Å²) >= 11 is 5.83. The molecule has 22 heavy (non-hydrogen) atoms. The molecule has 0 aromatic heterocycles. The highest BCUT2D eigenvalue weighted by Gasteiger charge is 2.30. The topological polar surface area (TPSA) is 92.7 Å². The van der Waals surface area contributed by atoms with E-state index in [0.717, 1.165) is 6.42 Å². The highest BCUT2D eigenvalue weighted by atomic mass is 35.5. The molecular formula is C14H18ClNO5S. The van der Waals surface area contributed by atoms with Crippen LogP contribution in [0.5, 0.6) is 0 Å². The Hall–Kier alpha value is -1.15. The number of nitrogens with one attached hydrogen (secondary N) is 1. The highest BCUT2D eigenvalue weighted by Crippen LogP contribution is 2.22. The van der Waals surface area contributed by atoms with E-state index in [1.807, 2.05) is 0 Å². The smallest absolute Gasteiger partial charge is 0.321 e. The fourth-order valence-corrected chi connectivity index (χ4v) is 4.13. The Labute approximate surface area is 134 Å². The van der Waals surface area contributed by atoms with Gasteiger partial charge in [0.15, 0.2) is 0 Å². The van der Waals surface area contributed by atoms with Crippen molar-refractivity contribution in [2.75, 3.05) is 13.2 Å². The minimum Gasteiger partial charge on any atom is -0.480 e. The summed E-state index contributed by atoms with van der Waals surface area (Å²) in [4.78, 5) is 11.3. The van der Waals surface area contributed by atoms with Crippen molar-refractivity contribution in [3.63, 3.8) is 0 Å². The minimum atomic E-state index is -3.96. The summed E-state index contributed by atoms with van der Waals surface area (Å²) in [7, 11) is -3.96. The van der Waals surface area contributed by atoms with Gasteiger partial charge in [-0.3, -0.25) is 4.79 Å². The van der Waals surface area contributed by atoms with E-state index < -0.39 is 22.0 Å². The molecule has 0 radical (unpaired) electrons. The van der Waals surface area contributed by atoms with E-state index in [9.17, 15) is 18.3 Å². The monoisotopic (exact) mass is 347 g/mol. The van der Waals surface area contributed by atoms with Crippen molar-refractivity contribution in [2.45, 2.75) is 30.7 Å². The number of hydrogen-bond donors (Lipinski definition) is 2. The molecule has 122 valence electrons. The Morgan fingerprint density at radius 2 is 2.27 bits per heavy atom. The van der Waals surface area contributed by atoms with Crippen molar-refractivity contribution in [3.8, 4) is 0 Å². The van der Waals surface area contributed by atoms with Gasteiger partial charge in [0.2, 0.25) is 10.0 Å². The van der Waals surface area contributed by atoms with Crippen molar-refractivity contribution in [2.24, 2.45) is 5.92 Å². The molecule has 1 fully saturated rings. The number of sulfonamides is 1. The van der Waals surface area contributed by atoms with Crippen LogP contribution in [0, 0.1) is 12.8 Å². The molecule has 0 aliphatic carbocycles. The average Bonchev–Trinajstić information content (AvgIpc) is 2.93. The first-order valence-corrected chi connectivity index (χ1v) is 8.75. The molecule has 8 heteroatoms. The first-order chi connectivity index (χ1) is 10.3. The normalized spacial score (nSPS) is 20.0. The summed E-state index contributed by atoms with van der Waals surface area (Å²) in [5.41, 5.74) is 0.505. The van der Waals surface area contributed by atoms with E-state index in [0.29, 0.717) is 18.8 Å². The summed E-state index contributed by atoms with van der Waals surface area (Å²) in [6.45, 7) is 2.67. The number of aryl methyl sites for hydroxylation is 1. The Bertz CT molecular complexity index is 655. The Balaban J connectivity index is 2.20. The zero-order chi connectivity index (χ0) is 16.3. The van der Waals surface area contributed by atoms with Crippen LogP contribution in [-0.4, -0.2) is 38.7 Å². The first-order valence-electron chi connectivity index (χ1n) is 6.88. The maximum Gasteiger partial charge on any atom is 0.321 e. The molecule has 2 unspecified atom stereocenters. The first kappa shape index (κ1) is 17.2. The zero-order valence-electron chi connectivity index (χ0n) is 12.1. The molecule has 2 N–H and O–H groups in total. The fourth-order valence-electron chi connectivity index (χ4n) is 2.42. The van der Waals surface area contributed by atoms with Gasteiger partial charge in [-0.2, -0.15) is 4.72 Å². The van der Waals surface area contributed by atoms with E-state index >= 15 is 0 Å². The molecule has 0 spiro atoms. The van der Waals surface area contributed by atoms with Crippen LogP contribution in [0.4, 0.5) is 0 Å². The van der Waals surface area contributed by atoms with Crippen molar-refractivity contribution < 1.29 is 23.1 Å². The van der Waals surface area contributed by atoms with Crippen LogP contribution in [0.15, 0.2) is 23.1 Å². The van der Waals surface area contributed by atoms with Crippen LogP contribution in [0.3, 0.4) is 0 Å². The molecule has 2 atom stereocenters. The van der Waals surface area contributed by atoms with Crippen LogP contribution in [0.2, 0.25) is 5.02 Å². The zero-order valence-corrected chi connectivity index (χ0v) is 13.7. The van der Waals surface area contributed by atoms with Crippen LogP contribution >= 0.6 is 11.6 Å². The Morgan fingerprint density at radius 3 is 2.86 bits per heavy atom. The van der Waals surface area contributed by atoms with Gasteiger partial charge in [-0.25, -0.2) is 8.42 Å². The lowest BCUT2D eigenvalue weighted by atomic mass is 10.00. The number of carboxylic acid groups (broad SMARTS) is 1. The molecule has 0 saturated carbocycles. The maximum atomic E-state index is 12.4. The minimum absolute atomic E-state index is 0.00563. The van der Waals surface area contributed by atoms with Gasteiger partial charge in [0.1, 0.15) is 6.04 Å². The Morgan fingerprint density at radius 1 is 1.55 bits per heavy atom. The van der Waals surface area contributed by atoms with Gasteiger partial charge in [0.05, 0.1) is 4.90 Å². The van der Waals surface area contributed by atoms with Crippen molar-refractivity contribution in [1.29, 1.82) is 0 Å². The summed E-state index contributed by atoms with van der Waals surface area (Å²) in [5, 5.41) is 9.55. The lowest BCUT2D eigenvalue weighted by Gasteiger charge is -2.18. The van der Waals surface area contributed by atoms with E-state index in [4.69, 9.17) is 16.3 Å². The number of rotatable bonds is 6. The second kappa shape index (κ2) is 6.95. The summed E-state index contributed by atoms with van der Waals surface area (Å²) in [6.07, 6.45) is 0.940. The van der Waals surface area contributed by atoms with Crippen LogP contribution in [-0.2, 0) is 19.6 Å². The van der Waals surface area contributed by atoms with Crippen molar-refractivity contribution in [1.82, 2.24) is 4.72 Å². The lowest BCUT2D eigenvalue weighted by Crippen LogP contribution is -2.42. The molecule has 6 nitrogen and oxygen atoms in total. The molecule has 1 aliphatic heterocycles. The summed E-state index contributed by atoms with van der Waals surface area (Å²) < 4.78 is 32.3. The number of carboxylic acids is 1. The molecule has 2 rings (SSSR count). The number of ether oxygens (including phenoxy) is 1. The second-order valence-corrected chi connectivity index (χ2v) is 7.51. The predicted molar refractivity (Wildman–Crippen MR) is 81.5 cm³/mol. The number of halogens is 1. The van der Waals surface area contributed by atoms with Gasteiger partial charge < -0.3 is 9.84 Å². The number of benzene rings is 1. The van der Waals surface area contributed by atoms with E-state index in [-0.39, 0.29) is 22.3 Å². The number of hydrogen-bond acceptors (Lipinski definition) is 4. The standard InChI is InChI=1S/C14H18ClNO5S/c1-9-2-3-11(15)7-13(9)22(19,20)16-12(14(17)18)6-10-4-5-21-8-10/h2-3,7,10,12,16H,4-6,8H2,1H3,(H,17,18). The number of aliphatic carboxylic acids is 1. The van der Waals surface area contributed by atoms with Crippen LogP contribution < -0.4 is 4.72 Å². The van der Waals surface area contributed by atoms with E-state index in [1.165, 1.54) is 6.07 Å². The SMILES string of the molecule is Cc1ccc(Cl)cc1S(=O)(=O)NC(CC1CCOC1)C(=O)O. The van der Waals surface area contributed by atoms with Gasteiger partial charge in [-0.15, -0.1) is 0 Å². The second-order valence-electron chi connectivity index (χ2n) is 5.39. The molecular weight excluding hydrogens is 330 g/mol. The third-order valence-corrected chi connectivity index (χ3v) is 5.48. The molecule has 1 aliphatic rings. The molecule has 0 bridgehead atoms. The third kappa shape index (κ3) is 4.19. The largest absolute Gasteiger partial charge is 0.480 e. The van der Waals surface area contributed by atoms with Crippen molar-refractivity contribution >= 4 is 27.6 Å². The molecule has 1 heterocycles. The quantitative estimate of drug-likeness (QED) is 0.818. The summed E-state index contributed by atoms with van der Waals surface area (Å²) in [6, 6.07) is 3.30. The highest BCUT2D eigenvalue weighted by molar-refractivity contribution is 7.89. The third-order valence-electron chi connectivity index (χ3n) is 3.63. The lowest BCUT2D eigenvalue weighted by molar-refractivity contribution is -0.139. The fraction of sp³-hybridized carbons (Fsp3) is 0.500. The van der Waals surface area contributed by atoms with Gasteiger partial charge in [-0.1, -0.05) is 17.7 Å². The van der Waals surface area contributed by atoms with Crippen LogP contribution in [0.1, 0.15) is 18.4 Å². The average molecular weight is 348 g/mol. The van der Waals surface area contributed by atoms with Crippen LogP contribution in [0.25, 0.3) is 0 Å². The van der Waals surface area contributed by atoms with Gasteiger partial charge in [0, 0.05) is 18.2 Å². The van der Waals surface area contributed by atoms with Gasteiger partial charge >= 0.3 is 5.97 Å². The predicted octanol–water partition coefficient (Wildman–Crippen LogP) is 1.81. The molecule has 1 aromatic carbocycles. The van der Waals surface area contributed by atoms with Crippen molar-refractivity contribution in [3.05, 3.63) is 28.8 Å². The molecule has 1 aromatic rings. The van der Waals surface area contributed by atoms with Gasteiger partial charge in [-0.05, 0) is 43.4 Å². The van der Waals surface area contributed by atoms with Gasteiger partial charge in [0.25, 0.3) is 0 Å². The van der Waals surface area contributed by atoms with E-state index in [2.05, 4.69) is 4.72 Å². The number of carbonyl (C=O) groups is 1. The molecule has 1 saturated heterocycles. The maximum absolute atomic E-state index is 12.4.